The second-order valence-corrected chi connectivity index (χ2v) is 1.70. The van der Waals surface area contributed by atoms with Gasteiger partial charge >= 0.3 is 0 Å². The molecule has 0 radical (unpaired) electrons. The van der Waals surface area contributed by atoms with Crippen molar-refractivity contribution in [1.82, 2.24) is 9.97 Å². The first kappa shape index (κ1) is 6.72. The van der Waals surface area contributed by atoms with E-state index in [4.69, 9.17) is 11.5 Å². The van der Waals surface area contributed by atoms with E-state index in [1.807, 2.05) is 0 Å². The summed E-state index contributed by atoms with van der Waals surface area (Å²) in [5, 5.41) is 8.99. The quantitative estimate of drug-likeness (QED) is 0.556. The first-order valence-electron chi connectivity index (χ1n) is 2.74. The molecule has 0 aliphatic carbocycles. The number of hydrogen-bond acceptors (Lipinski definition) is 3. The maximum Gasteiger partial charge on any atom is 0.158 e. The summed E-state index contributed by atoms with van der Waals surface area (Å²) < 4.78 is 0. The molecule has 50 valence electrons. The van der Waals surface area contributed by atoms with Gasteiger partial charge in [-0.25, -0.2) is 0 Å². The van der Waals surface area contributed by atoms with Crippen LogP contribution in [0.4, 0.5) is 0 Å². The monoisotopic (exact) mass is 134 g/mol. The molecule has 1 atom stereocenters. The van der Waals surface area contributed by atoms with E-state index in [-0.39, 0.29) is 0 Å². The van der Waals surface area contributed by atoms with Gasteiger partial charge in [0.05, 0.1) is 11.9 Å². The highest BCUT2D eigenvalue weighted by atomic mass is 16.3. The van der Waals surface area contributed by atoms with Gasteiger partial charge in [-0.3, -0.25) is 9.97 Å². The molecule has 1 N–H and O–H groups in total. The van der Waals surface area contributed by atoms with E-state index >= 15 is 0 Å². The molecular formula is C7H6N2O. The van der Waals surface area contributed by atoms with Gasteiger partial charge in [0.2, 0.25) is 0 Å². The van der Waals surface area contributed by atoms with Crippen LogP contribution in [0.5, 0.6) is 0 Å². The lowest BCUT2D eigenvalue weighted by Crippen LogP contribution is -1.96. The van der Waals surface area contributed by atoms with Gasteiger partial charge in [-0.05, 0) is 0 Å². The molecule has 0 aliphatic heterocycles. The van der Waals surface area contributed by atoms with Crippen LogP contribution in [0.25, 0.3) is 0 Å². The molecule has 1 heterocycles. The Morgan fingerprint density at radius 2 is 2.40 bits per heavy atom. The first-order valence-corrected chi connectivity index (χ1v) is 2.74. The van der Waals surface area contributed by atoms with Gasteiger partial charge in [0.15, 0.2) is 6.10 Å². The molecule has 1 rings (SSSR count). The largest absolute Gasteiger partial charge is 0.374 e. The fourth-order valence-corrected chi connectivity index (χ4v) is 0.537. The first-order chi connectivity index (χ1) is 4.84. The van der Waals surface area contributed by atoms with Crippen LogP contribution < -0.4 is 0 Å². The molecule has 0 fully saturated rings. The second kappa shape index (κ2) is 2.95. The molecule has 0 saturated carbocycles. The molecule has 10 heavy (non-hydrogen) atoms. The number of terminal acetylenes is 1. The van der Waals surface area contributed by atoms with Crippen molar-refractivity contribution in [1.29, 1.82) is 0 Å². The summed E-state index contributed by atoms with van der Waals surface area (Å²) in [7, 11) is 0. The van der Waals surface area contributed by atoms with E-state index in [1.165, 1.54) is 18.6 Å². The Labute approximate surface area is 58.8 Å². The van der Waals surface area contributed by atoms with Gasteiger partial charge in [-0.1, -0.05) is 5.92 Å². The van der Waals surface area contributed by atoms with Crippen LogP contribution in [-0.4, -0.2) is 15.1 Å². The van der Waals surface area contributed by atoms with Crippen LogP contribution in [0.3, 0.4) is 0 Å². The summed E-state index contributed by atoms with van der Waals surface area (Å²) in [6, 6.07) is 0. The topological polar surface area (TPSA) is 46.0 Å². The average Bonchev–Trinajstić information content (AvgIpc) is 2.05. The molecule has 0 aliphatic rings. The Balaban J connectivity index is 2.88. The van der Waals surface area contributed by atoms with Crippen LogP contribution in [0, 0.1) is 12.3 Å². The Bertz CT molecular complexity index is 240. The summed E-state index contributed by atoms with van der Waals surface area (Å²) >= 11 is 0. The third kappa shape index (κ3) is 1.30. The maximum absolute atomic E-state index is 8.99. The lowest BCUT2D eigenvalue weighted by molar-refractivity contribution is 0.233. The highest BCUT2D eigenvalue weighted by Crippen LogP contribution is 2.03. The van der Waals surface area contributed by atoms with E-state index in [1.54, 1.807) is 0 Å². The predicted octanol–water partition coefficient (Wildman–Crippen LogP) is 0.143. The van der Waals surface area contributed by atoms with E-state index in [0.717, 1.165) is 0 Å². The lowest BCUT2D eigenvalue weighted by Gasteiger charge is -1.98. The molecule has 0 bridgehead atoms. The smallest absolute Gasteiger partial charge is 0.158 e. The van der Waals surface area contributed by atoms with Crippen LogP contribution in [-0.2, 0) is 0 Å². The standard InChI is InChI=1S/C7H6N2O/c1-2-7(10)6-5-8-3-4-9-6/h1,3-5,7,10H/t7-/m0/s1. The third-order valence-electron chi connectivity index (χ3n) is 1.02. The van der Waals surface area contributed by atoms with Gasteiger partial charge < -0.3 is 5.11 Å². The van der Waals surface area contributed by atoms with Crippen molar-refractivity contribution in [3.8, 4) is 12.3 Å². The highest BCUT2D eigenvalue weighted by Gasteiger charge is 2.01. The minimum Gasteiger partial charge on any atom is -0.374 e. The number of aromatic nitrogens is 2. The molecule has 0 saturated heterocycles. The Kier molecular flexibility index (Phi) is 1.98. The summed E-state index contributed by atoms with van der Waals surface area (Å²) in [6.45, 7) is 0. The van der Waals surface area contributed by atoms with E-state index in [2.05, 4.69) is 15.9 Å². The Morgan fingerprint density at radius 1 is 1.60 bits per heavy atom. The zero-order chi connectivity index (χ0) is 7.40. The number of nitrogens with zero attached hydrogens (tertiary/aromatic N) is 2. The molecule has 0 spiro atoms. The summed E-state index contributed by atoms with van der Waals surface area (Å²) in [5.74, 6) is 2.13. The van der Waals surface area contributed by atoms with Crippen molar-refractivity contribution in [2.45, 2.75) is 6.10 Å². The fraction of sp³-hybridized carbons (Fsp3) is 0.143. The normalized spacial score (nSPS) is 12.0. The molecule has 3 heteroatoms. The van der Waals surface area contributed by atoms with Gasteiger partial charge in [-0.15, -0.1) is 6.42 Å². The maximum atomic E-state index is 8.99. The van der Waals surface area contributed by atoms with E-state index in [0.29, 0.717) is 5.69 Å². The predicted molar refractivity (Wildman–Crippen MR) is 35.8 cm³/mol. The molecule has 0 unspecified atom stereocenters. The number of aliphatic hydroxyl groups excluding tert-OH is 1. The van der Waals surface area contributed by atoms with Crippen molar-refractivity contribution >= 4 is 0 Å². The Hall–Kier alpha value is -1.40. The second-order valence-electron chi connectivity index (χ2n) is 1.70. The lowest BCUT2D eigenvalue weighted by atomic mass is 10.3. The Morgan fingerprint density at radius 3 is 2.90 bits per heavy atom. The van der Waals surface area contributed by atoms with Gasteiger partial charge in [0.25, 0.3) is 0 Å². The van der Waals surface area contributed by atoms with Gasteiger partial charge in [0.1, 0.15) is 0 Å². The molecule has 0 aromatic carbocycles. The van der Waals surface area contributed by atoms with E-state index in [9.17, 15) is 0 Å². The van der Waals surface area contributed by atoms with Crippen LogP contribution in [0.15, 0.2) is 18.6 Å². The number of hydrogen-bond donors (Lipinski definition) is 1. The highest BCUT2D eigenvalue weighted by molar-refractivity contribution is 5.10. The van der Waals surface area contributed by atoms with Gasteiger partial charge in [0, 0.05) is 12.4 Å². The van der Waals surface area contributed by atoms with Crippen molar-refractivity contribution < 1.29 is 5.11 Å². The summed E-state index contributed by atoms with van der Waals surface area (Å²) in [6.07, 6.45) is 8.44. The van der Waals surface area contributed by atoms with Crippen LogP contribution in [0.2, 0.25) is 0 Å². The molecule has 1 aromatic heterocycles. The summed E-state index contributed by atoms with van der Waals surface area (Å²) in [5.41, 5.74) is 0.407. The molecular weight excluding hydrogens is 128 g/mol. The molecule has 3 nitrogen and oxygen atoms in total. The zero-order valence-electron chi connectivity index (χ0n) is 5.23. The fourth-order valence-electron chi connectivity index (χ4n) is 0.537. The molecule has 1 aromatic rings. The summed E-state index contributed by atoms with van der Waals surface area (Å²) in [4.78, 5) is 7.53. The number of rotatable bonds is 1. The van der Waals surface area contributed by atoms with Crippen LogP contribution >= 0.6 is 0 Å². The van der Waals surface area contributed by atoms with Crippen molar-refractivity contribution in [2.24, 2.45) is 0 Å². The van der Waals surface area contributed by atoms with E-state index < -0.39 is 6.10 Å². The van der Waals surface area contributed by atoms with Gasteiger partial charge in [-0.2, -0.15) is 0 Å². The van der Waals surface area contributed by atoms with Crippen LogP contribution in [0.1, 0.15) is 11.8 Å². The third-order valence-corrected chi connectivity index (χ3v) is 1.02. The zero-order valence-corrected chi connectivity index (χ0v) is 5.23. The minimum absolute atomic E-state index is 0.407. The molecule has 0 amide bonds. The van der Waals surface area contributed by atoms with Crippen molar-refractivity contribution in [3.63, 3.8) is 0 Å². The number of aliphatic hydroxyl groups is 1. The van der Waals surface area contributed by atoms with Crippen molar-refractivity contribution in [3.05, 3.63) is 24.3 Å². The minimum atomic E-state index is -0.936. The SMILES string of the molecule is C#C[C@H](O)c1cnccn1. The van der Waals surface area contributed by atoms with Crippen molar-refractivity contribution in [2.75, 3.05) is 0 Å². The average molecular weight is 134 g/mol.